The summed E-state index contributed by atoms with van der Waals surface area (Å²) in [5.41, 5.74) is 5.37. The van der Waals surface area contributed by atoms with Gasteiger partial charge in [-0.05, 0) is 13.8 Å². The van der Waals surface area contributed by atoms with Crippen molar-refractivity contribution in [2.45, 2.75) is 60.4 Å². The van der Waals surface area contributed by atoms with Crippen molar-refractivity contribution in [2.75, 3.05) is 0 Å². The van der Waals surface area contributed by atoms with Crippen LogP contribution in [0.15, 0.2) is 4.99 Å². The Morgan fingerprint density at radius 1 is 1.05 bits per heavy atom. The van der Waals surface area contributed by atoms with Crippen molar-refractivity contribution in [1.29, 1.82) is 5.41 Å². The van der Waals surface area contributed by atoms with Crippen molar-refractivity contribution in [3.63, 3.8) is 0 Å². The minimum absolute atomic E-state index is 0.0845. The molecule has 0 radical (unpaired) electrons. The Morgan fingerprint density at radius 3 is 1.81 bits per heavy atom. The van der Waals surface area contributed by atoms with Crippen LogP contribution in [0, 0.1) is 11.3 Å². The Bertz CT molecular complexity index is 376. The van der Waals surface area contributed by atoms with Crippen LogP contribution in [-0.2, 0) is 9.59 Å². The monoisotopic (exact) mass is 299 g/mol. The maximum Gasteiger partial charge on any atom is 0.226 e. The molecule has 7 nitrogen and oxygen atoms in total. The SMILES string of the molecule is CCC(=O)NC(=N)C(C)C.CCC(=O)NC(N)=NC(C)C. The third kappa shape index (κ3) is 14.3. The number of rotatable bonds is 4. The van der Waals surface area contributed by atoms with E-state index in [9.17, 15) is 9.59 Å². The highest BCUT2D eigenvalue weighted by atomic mass is 16.2. The Hall–Kier alpha value is -1.92. The summed E-state index contributed by atoms with van der Waals surface area (Å²) < 4.78 is 0. The van der Waals surface area contributed by atoms with Crippen LogP contribution in [0.25, 0.3) is 0 Å². The van der Waals surface area contributed by atoms with Crippen LogP contribution in [0.3, 0.4) is 0 Å². The first-order valence-electron chi connectivity index (χ1n) is 7.15. The van der Waals surface area contributed by atoms with Crippen LogP contribution in [0.2, 0.25) is 0 Å². The number of amidine groups is 1. The van der Waals surface area contributed by atoms with E-state index in [-0.39, 0.29) is 29.7 Å². The topological polar surface area (TPSA) is 120 Å². The molecule has 0 bridgehead atoms. The molecule has 0 rings (SSSR count). The molecule has 7 heteroatoms. The highest BCUT2D eigenvalue weighted by Gasteiger charge is 2.04. The molecule has 0 heterocycles. The van der Waals surface area contributed by atoms with E-state index in [1.165, 1.54) is 0 Å². The first-order chi connectivity index (χ1) is 9.63. The Morgan fingerprint density at radius 2 is 1.48 bits per heavy atom. The van der Waals surface area contributed by atoms with Gasteiger partial charge in [-0.25, -0.2) is 0 Å². The van der Waals surface area contributed by atoms with Crippen LogP contribution in [-0.4, -0.2) is 29.7 Å². The van der Waals surface area contributed by atoms with Gasteiger partial charge in [-0.2, -0.15) is 0 Å². The first kappa shape index (κ1) is 21.4. The van der Waals surface area contributed by atoms with E-state index in [0.717, 1.165) is 0 Å². The lowest BCUT2D eigenvalue weighted by Gasteiger charge is -2.07. The van der Waals surface area contributed by atoms with E-state index in [4.69, 9.17) is 11.1 Å². The lowest BCUT2D eigenvalue weighted by atomic mass is 10.2. The van der Waals surface area contributed by atoms with Crippen molar-refractivity contribution in [1.82, 2.24) is 10.6 Å². The molecule has 0 aliphatic carbocycles. The minimum Gasteiger partial charge on any atom is -0.370 e. The predicted molar refractivity (Wildman–Crippen MR) is 86.2 cm³/mol. The Kier molecular flexibility index (Phi) is 12.1. The zero-order valence-corrected chi connectivity index (χ0v) is 13.9. The Labute approximate surface area is 127 Å². The second-order valence-corrected chi connectivity index (χ2v) is 4.98. The minimum atomic E-state index is -0.105. The molecule has 0 aromatic heterocycles. The number of carbonyl (C=O) groups is 2. The predicted octanol–water partition coefficient (Wildman–Crippen LogP) is 1.38. The number of nitrogens with zero attached hydrogens (tertiary/aromatic N) is 1. The molecular formula is C14H29N5O2. The van der Waals surface area contributed by atoms with E-state index in [1.54, 1.807) is 13.8 Å². The molecule has 0 saturated heterocycles. The van der Waals surface area contributed by atoms with Gasteiger partial charge < -0.3 is 11.1 Å². The molecule has 0 aliphatic rings. The van der Waals surface area contributed by atoms with Gasteiger partial charge in [0, 0.05) is 24.8 Å². The molecule has 0 atom stereocenters. The highest BCUT2D eigenvalue weighted by Crippen LogP contribution is 1.91. The molecule has 0 fully saturated rings. The number of hydrogen-bond donors (Lipinski definition) is 4. The summed E-state index contributed by atoms with van der Waals surface area (Å²) in [5, 5.41) is 12.2. The van der Waals surface area contributed by atoms with E-state index >= 15 is 0 Å². The van der Waals surface area contributed by atoms with Gasteiger partial charge in [-0.1, -0.05) is 27.7 Å². The molecule has 0 saturated carbocycles. The maximum absolute atomic E-state index is 10.7. The van der Waals surface area contributed by atoms with Crippen molar-refractivity contribution >= 4 is 23.6 Å². The molecule has 2 amide bonds. The number of nitrogens with one attached hydrogen (secondary N) is 3. The second-order valence-electron chi connectivity index (χ2n) is 4.98. The number of carbonyl (C=O) groups excluding carboxylic acids is 2. The number of guanidine groups is 1. The van der Waals surface area contributed by atoms with Gasteiger partial charge in [-0.3, -0.25) is 25.3 Å². The van der Waals surface area contributed by atoms with Gasteiger partial charge in [0.1, 0.15) is 5.84 Å². The first-order valence-corrected chi connectivity index (χ1v) is 7.15. The van der Waals surface area contributed by atoms with Gasteiger partial charge in [0.05, 0.1) is 0 Å². The summed E-state index contributed by atoms with van der Waals surface area (Å²) >= 11 is 0. The highest BCUT2D eigenvalue weighted by molar-refractivity contribution is 5.97. The Balaban J connectivity index is 0. The van der Waals surface area contributed by atoms with Crippen molar-refractivity contribution in [2.24, 2.45) is 16.6 Å². The summed E-state index contributed by atoms with van der Waals surface area (Å²) in [6.45, 7) is 11.1. The van der Waals surface area contributed by atoms with E-state index in [2.05, 4.69) is 15.6 Å². The van der Waals surface area contributed by atoms with Gasteiger partial charge in [0.15, 0.2) is 5.96 Å². The van der Waals surface area contributed by atoms with E-state index in [1.807, 2.05) is 27.7 Å². The fraction of sp³-hybridized carbons (Fsp3) is 0.714. The molecule has 0 aromatic carbocycles. The third-order valence-corrected chi connectivity index (χ3v) is 2.16. The molecule has 0 unspecified atom stereocenters. The number of hydrogen-bond acceptors (Lipinski definition) is 4. The molecular weight excluding hydrogens is 270 g/mol. The molecule has 122 valence electrons. The van der Waals surface area contributed by atoms with Gasteiger partial charge in [0.2, 0.25) is 11.8 Å². The molecule has 5 N–H and O–H groups in total. The quantitative estimate of drug-likeness (QED) is 0.463. The number of aliphatic imine (C=N–C) groups is 1. The smallest absolute Gasteiger partial charge is 0.226 e. The van der Waals surface area contributed by atoms with Crippen molar-refractivity contribution in [3.8, 4) is 0 Å². The van der Waals surface area contributed by atoms with Gasteiger partial charge in [-0.15, -0.1) is 0 Å². The third-order valence-electron chi connectivity index (χ3n) is 2.16. The zero-order valence-electron chi connectivity index (χ0n) is 13.9. The number of nitrogens with two attached hydrogens (primary N) is 1. The lowest BCUT2D eigenvalue weighted by molar-refractivity contribution is -0.120. The maximum atomic E-state index is 10.7. The lowest BCUT2D eigenvalue weighted by Crippen LogP contribution is -2.36. The fourth-order valence-electron chi connectivity index (χ4n) is 0.925. The summed E-state index contributed by atoms with van der Waals surface area (Å²) in [6, 6.07) is 0.118. The normalized spacial score (nSPS) is 10.8. The standard InChI is InChI=1S/C7H15N3O.C7H14N2O/c1-4-6(11)10-7(8)9-5(2)3;1-4-6(10)9-7(8)5(2)3/h5H,4H2,1-3H3,(H3,8,9,10,11);5H,4H2,1-3H3,(H2,8,9,10). The van der Waals surface area contributed by atoms with Crippen molar-refractivity contribution in [3.05, 3.63) is 0 Å². The average molecular weight is 299 g/mol. The van der Waals surface area contributed by atoms with Crippen LogP contribution in [0.5, 0.6) is 0 Å². The van der Waals surface area contributed by atoms with Gasteiger partial charge in [0.25, 0.3) is 0 Å². The molecule has 21 heavy (non-hydrogen) atoms. The van der Waals surface area contributed by atoms with Crippen LogP contribution in [0.1, 0.15) is 54.4 Å². The van der Waals surface area contributed by atoms with E-state index < -0.39 is 0 Å². The average Bonchev–Trinajstić information content (AvgIpc) is 2.37. The van der Waals surface area contributed by atoms with Crippen LogP contribution >= 0.6 is 0 Å². The summed E-state index contributed by atoms with van der Waals surface area (Å²) in [7, 11) is 0. The van der Waals surface area contributed by atoms with E-state index in [0.29, 0.717) is 18.7 Å². The fourth-order valence-corrected chi connectivity index (χ4v) is 0.925. The zero-order chi connectivity index (χ0) is 17.0. The molecule has 0 aromatic rings. The summed E-state index contributed by atoms with van der Waals surface area (Å²) in [5.74, 6) is 0.416. The second kappa shape index (κ2) is 11.9. The summed E-state index contributed by atoms with van der Waals surface area (Å²) in [4.78, 5) is 25.3. The largest absolute Gasteiger partial charge is 0.370 e. The molecule has 0 aliphatic heterocycles. The number of amides is 2. The summed E-state index contributed by atoms with van der Waals surface area (Å²) in [6.07, 6.45) is 0.864. The molecule has 0 spiro atoms. The van der Waals surface area contributed by atoms with Gasteiger partial charge >= 0.3 is 0 Å². The van der Waals surface area contributed by atoms with Crippen LogP contribution < -0.4 is 16.4 Å². The van der Waals surface area contributed by atoms with Crippen LogP contribution in [0.4, 0.5) is 0 Å². The van der Waals surface area contributed by atoms with Crippen molar-refractivity contribution < 1.29 is 9.59 Å².